The van der Waals surface area contributed by atoms with E-state index < -0.39 is 0 Å². The second-order valence-corrected chi connectivity index (χ2v) is 6.84. The van der Waals surface area contributed by atoms with Crippen LogP contribution >= 0.6 is 0 Å². The summed E-state index contributed by atoms with van der Waals surface area (Å²) in [7, 11) is 3.08. The topological polar surface area (TPSA) is 86.6 Å². The third-order valence-electron chi connectivity index (χ3n) is 5.15. The molecule has 3 aromatic rings. The molecule has 0 radical (unpaired) electrons. The summed E-state index contributed by atoms with van der Waals surface area (Å²) in [5.41, 5.74) is 1.16. The number of nitrogens with zero attached hydrogens (tertiary/aromatic N) is 4. The Morgan fingerprint density at radius 2 is 1.90 bits per heavy atom. The first-order valence-corrected chi connectivity index (χ1v) is 9.44. The van der Waals surface area contributed by atoms with Gasteiger partial charge in [-0.2, -0.15) is 0 Å². The van der Waals surface area contributed by atoms with Gasteiger partial charge in [-0.05, 0) is 18.2 Å². The van der Waals surface area contributed by atoms with Crippen LogP contribution < -0.4 is 15.0 Å². The Hall–Kier alpha value is -3.42. The number of pyridine rings is 1. The lowest BCUT2D eigenvalue weighted by molar-refractivity contribution is -0.130. The quantitative estimate of drug-likeness (QED) is 0.666. The van der Waals surface area contributed by atoms with E-state index in [4.69, 9.17) is 9.47 Å². The second-order valence-electron chi connectivity index (χ2n) is 6.84. The minimum Gasteiger partial charge on any atom is -0.493 e. The lowest BCUT2D eigenvalue weighted by Crippen LogP contribution is -2.35. The van der Waals surface area contributed by atoms with Crippen LogP contribution in [-0.2, 0) is 24.2 Å². The standard InChI is InChI=1S/C21H22N4O4/c1-28-17-12-15-16(13-18(17)29-2)23-19-6-8-24(9-10-25(19)21(15)27)20(26)11-14-5-3-4-7-22-14/h3-5,7,12-13H,6,8-11H2,1-2H3. The molecule has 3 heterocycles. The molecule has 0 fully saturated rings. The van der Waals surface area contributed by atoms with Gasteiger partial charge in [0, 0.05) is 44.0 Å². The van der Waals surface area contributed by atoms with E-state index in [2.05, 4.69) is 9.97 Å². The molecular formula is C21H22N4O4. The smallest absolute Gasteiger partial charge is 0.261 e. The van der Waals surface area contributed by atoms with Gasteiger partial charge >= 0.3 is 0 Å². The van der Waals surface area contributed by atoms with Crippen molar-refractivity contribution >= 4 is 16.8 Å². The Balaban J connectivity index is 1.62. The van der Waals surface area contributed by atoms with E-state index in [9.17, 15) is 9.59 Å². The number of aromatic nitrogens is 3. The number of methoxy groups -OCH3 is 2. The normalized spacial score (nSPS) is 13.7. The highest BCUT2D eigenvalue weighted by Gasteiger charge is 2.22. The molecule has 1 aliphatic rings. The second kappa shape index (κ2) is 7.90. The highest BCUT2D eigenvalue weighted by molar-refractivity contribution is 5.82. The van der Waals surface area contributed by atoms with Gasteiger partial charge in [-0.3, -0.25) is 19.1 Å². The van der Waals surface area contributed by atoms with E-state index in [-0.39, 0.29) is 17.9 Å². The molecule has 4 rings (SSSR count). The van der Waals surface area contributed by atoms with Gasteiger partial charge in [0.25, 0.3) is 5.56 Å². The van der Waals surface area contributed by atoms with E-state index in [1.54, 1.807) is 34.9 Å². The monoisotopic (exact) mass is 394 g/mol. The van der Waals surface area contributed by atoms with Crippen LogP contribution in [0.1, 0.15) is 11.5 Å². The summed E-state index contributed by atoms with van der Waals surface area (Å²) >= 11 is 0. The predicted molar refractivity (Wildman–Crippen MR) is 107 cm³/mol. The fourth-order valence-corrected chi connectivity index (χ4v) is 3.60. The number of amides is 1. The van der Waals surface area contributed by atoms with E-state index in [0.29, 0.717) is 54.3 Å². The van der Waals surface area contributed by atoms with Crippen LogP contribution in [0, 0.1) is 0 Å². The number of benzene rings is 1. The summed E-state index contributed by atoms with van der Waals surface area (Å²) in [4.78, 5) is 36.4. The van der Waals surface area contributed by atoms with E-state index in [1.807, 2.05) is 18.2 Å². The van der Waals surface area contributed by atoms with Gasteiger partial charge in [0.15, 0.2) is 11.5 Å². The summed E-state index contributed by atoms with van der Waals surface area (Å²) in [6.45, 7) is 1.37. The summed E-state index contributed by atoms with van der Waals surface area (Å²) in [5.74, 6) is 1.68. The van der Waals surface area contributed by atoms with Crippen LogP contribution in [0.15, 0.2) is 41.3 Å². The number of carbonyl (C=O) groups excluding carboxylic acids is 1. The largest absolute Gasteiger partial charge is 0.493 e. The third kappa shape index (κ3) is 3.65. The van der Waals surface area contributed by atoms with Gasteiger partial charge in [-0.1, -0.05) is 6.07 Å². The molecule has 0 saturated heterocycles. The maximum atomic E-state index is 13.1. The summed E-state index contributed by atoms with van der Waals surface area (Å²) in [6, 6.07) is 8.90. The predicted octanol–water partition coefficient (Wildman–Crippen LogP) is 1.44. The molecule has 1 amide bonds. The highest BCUT2D eigenvalue weighted by atomic mass is 16.5. The molecule has 0 saturated carbocycles. The fraction of sp³-hybridized carbons (Fsp3) is 0.333. The average molecular weight is 394 g/mol. The van der Waals surface area contributed by atoms with Crippen molar-refractivity contribution in [3.05, 3.63) is 58.4 Å². The third-order valence-corrected chi connectivity index (χ3v) is 5.15. The van der Waals surface area contributed by atoms with Crippen molar-refractivity contribution in [1.82, 2.24) is 19.4 Å². The molecule has 0 atom stereocenters. The van der Waals surface area contributed by atoms with Crippen LogP contribution in [-0.4, -0.2) is 52.7 Å². The van der Waals surface area contributed by atoms with Gasteiger partial charge in [0.2, 0.25) is 5.91 Å². The van der Waals surface area contributed by atoms with Gasteiger partial charge < -0.3 is 14.4 Å². The van der Waals surface area contributed by atoms with Crippen molar-refractivity contribution in [3.8, 4) is 11.5 Å². The Kier molecular flexibility index (Phi) is 5.16. The van der Waals surface area contributed by atoms with Crippen molar-refractivity contribution in [1.29, 1.82) is 0 Å². The summed E-state index contributed by atoms with van der Waals surface area (Å²) < 4.78 is 12.3. The number of fused-ring (bicyclic) bond motifs is 2. The summed E-state index contributed by atoms with van der Waals surface area (Å²) in [5, 5.41) is 0.472. The zero-order valence-electron chi connectivity index (χ0n) is 16.4. The molecule has 2 aromatic heterocycles. The van der Waals surface area contributed by atoms with Crippen molar-refractivity contribution in [2.45, 2.75) is 19.4 Å². The zero-order chi connectivity index (χ0) is 20.4. The van der Waals surface area contributed by atoms with Crippen LogP contribution in [0.25, 0.3) is 10.9 Å². The Morgan fingerprint density at radius 3 is 2.62 bits per heavy atom. The first kappa shape index (κ1) is 18.9. The van der Waals surface area contributed by atoms with Gasteiger partial charge in [0.05, 0.1) is 31.5 Å². The maximum absolute atomic E-state index is 13.1. The first-order chi connectivity index (χ1) is 14.1. The number of hydrogen-bond donors (Lipinski definition) is 0. The van der Waals surface area contributed by atoms with Gasteiger partial charge in [-0.15, -0.1) is 0 Å². The van der Waals surface area contributed by atoms with Crippen LogP contribution in [0.4, 0.5) is 0 Å². The number of rotatable bonds is 4. The molecule has 0 bridgehead atoms. The molecule has 8 nitrogen and oxygen atoms in total. The Bertz CT molecular complexity index is 1110. The lowest BCUT2D eigenvalue weighted by Gasteiger charge is -2.19. The molecule has 0 aliphatic carbocycles. The zero-order valence-corrected chi connectivity index (χ0v) is 16.4. The molecule has 0 unspecified atom stereocenters. The SMILES string of the molecule is COc1cc2nc3n(c(=O)c2cc1OC)CCN(C(=O)Cc1ccccn1)CC3. The highest BCUT2D eigenvalue weighted by Crippen LogP contribution is 2.30. The van der Waals surface area contributed by atoms with E-state index in [0.717, 1.165) is 5.69 Å². The Labute approximate surface area is 167 Å². The van der Waals surface area contributed by atoms with Crippen LogP contribution in [0.3, 0.4) is 0 Å². The van der Waals surface area contributed by atoms with Crippen molar-refractivity contribution < 1.29 is 14.3 Å². The van der Waals surface area contributed by atoms with Crippen LogP contribution in [0.5, 0.6) is 11.5 Å². The molecular weight excluding hydrogens is 372 g/mol. The molecule has 1 aliphatic heterocycles. The summed E-state index contributed by atoms with van der Waals surface area (Å²) in [6.07, 6.45) is 2.43. The van der Waals surface area contributed by atoms with Crippen molar-refractivity contribution in [3.63, 3.8) is 0 Å². The minimum absolute atomic E-state index is 0.00236. The average Bonchev–Trinajstić information content (AvgIpc) is 2.96. The minimum atomic E-state index is -0.134. The number of hydrogen-bond acceptors (Lipinski definition) is 6. The molecule has 1 aromatic carbocycles. The van der Waals surface area contributed by atoms with Crippen LogP contribution in [0.2, 0.25) is 0 Å². The van der Waals surface area contributed by atoms with E-state index >= 15 is 0 Å². The molecule has 0 N–H and O–H groups in total. The van der Waals surface area contributed by atoms with Gasteiger partial charge in [-0.25, -0.2) is 4.98 Å². The number of carbonyl (C=O) groups is 1. The maximum Gasteiger partial charge on any atom is 0.261 e. The lowest BCUT2D eigenvalue weighted by atomic mass is 10.2. The van der Waals surface area contributed by atoms with Crippen molar-refractivity contribution in [2.75, 3.05) is 27.3 Å². The first-order valence-electron chi connectivity index (χ1n) is 9.44. The molecule has 0 spiro atoms. The van der Waals surface area contributed by atoms with Crippen molar-refractivity contribution in [2.24, 2.45) is 0 Å². The van der Waals surface area contributed by atoms with Gasteiger partial charge in [0.1, 0.15) is 5.82 Å². The fourth-order valence-electron chi connectivity index (χ4n) is 3.60. The molecule has 8 heteroatoms. The van der Waals surface area contributed by atoms with E-state index in [1.165, 1.54) is 7.11 Å². The molecule has 150 valence electrons. The Morgan fingerprint density at radius 1 is 1.10 bits per heavy atom. The number of ether oxygens (including phenoxy) is 2. The molecule has 29 heavy (non-hydrogen) atoms.